The molecule has 0 aliphatic carbocycles. The van der Waals surface area contributed by atoms with Crippen molar-refractivity contribution in [1.29, 1.82) is 0 Å². The van der Waals surface area contributed by atoms with Gasteiger partial charge in [-0.3, -0.25) is 4.79 Å². The van der Waals surface area contributed by atoms with Crippen molar-refractivity contribution in [2.45, 2.75) is 6.54 Å². The molecule has 22 heavy (non-hydrogen) atoms. The number of ketones is 1. The van der Waals surface area contributed by atoms with Crippen molar-refractivity contribution in [3.8, 4) is 17.2 Å². The maximum atomic E-state index is 12.1. The van der Waals surface area contributed by atoms with Crippen molar-refractivity contribution < 1.29 is 13.9 Å². The topological polar surface area (TPSA) is 57.3 Å². The summed E-state index contributed by atoms with van der Waals surface area (Å²) in [7, 11) is 1.60. The molecule has 0 aliphatic heterocycles. The number of ether oxygens (including phenoxy) is 1. The second kappa shape index (κ2) is 6.25. The van der Waals surface area contributed by atoms with Crippen LogP contribution in [0.5, 0.6) is 5.75 Å². The number of Topliss-reactive ketones (excluding diaryl/α,β-unsaturated/α-hetero) is 1. The van der Waals surface area contributed by atoms with Gasteiger partial charge in [0.05, 0.1) is 12.0 Å². The minimum atomic E-state index is -0.0410. The molecule has 0 bridgehead atoms. The molecule has 0 N–H and O–H groups in total. The highest BCUT2D eigenvalue weighted by atomic mass is 32.1. The fourth-order valence-corrected chi connectivity index (χ4v) is 2.75. The Hall–Kier alpha value is -2.25. The number of hydrogen-bond acceptors (Lipinski definition) is 6. The summed E-state index contributed by atoms with van der Waals surface area (Å²) in [5.41, 5.74) is 0.772. The molecule has 0 saturated heterocycles. The van der Waals surface area contributed by atoms with Crippen LogP contribution in [-0.2, 0) is 6.54 Å². The summed E-state index contributed by atoms with van der Waals surface area (Å²) in [5, 5.41) is 6.13. The van der Waals surface area contributed by atoms with Crippen molar-refractivity contribution in [2.75, 3.05) is 7.11 Å². The molecule has 0 amide bonds. The third-order valence-corrected chi connectivity index (χ3v) is 4.24. The van der Waals surface area contributed by atoms with Gasteiger partial charge in [-0.25, -0.2) is 4.68 Å². The van der Waals surface area contributed by atoms with Crippen molar-refractivity contribution in [2.24, 2.45) is 0 Å². The van der Waals surface area contributed by atoms with E-state index in [-0.39, 0.29) is 17.2 Å². The van der Waals surface area contributed by atoms with Gasteiger partial charge in [-0.05, 0) is 47.9 Å². The number of carbonyl (C=O) groups excluding carboxylic acids is 1. The van der Waals surface area contributed by atoms with E-state index < -0.39 is 0 Å². The van der Waals surface area contributed by atoms with Crippen LogP contribution in [0.15, 0.2) is 46.2 Å². The zero-order chi connectivity index (χ0) is 15.5. The maximum Gasteiger partial charge on any atom is 0.287 e. The zero-order valence-electron chi connectivity index (χ0n) is 11.7. The van der Waals surface area contributed by atoms with E-state index in [1.54, 1.807) is 13.2 Å². The predicted octanol–water partition coefficient (Wildman–Crippen LogP) is 3.83. The quantitative estimate of drug-likeness (QED) is 0.525. The van der Waals surface area contributed by atoms with Crippen molar-refractivity contribution in [3.63, 3.8) is 0 Å². The van der Waals surface area contributed by atoms with Crippen molar-refractivity contribution in [3.05, 3.63) is 51.5 Å². The summed E-state index contributed by atoms with van der Waals surface area (Å²) in [6.07, 6.45) is 0. The molecule has 0 fully saturated rings. The molecule has 2 heterocycles. The van der Waals surface area contributed by atoms with Crippen LogP contribution >= 0.6 is 23.6 Å². The van der Waals surface area contributed by atoms with E-state index in [1.165, 1.54) is 16.0 Å². The third-order valence-electron chi connectivity index (χ3n) is 3.03. The summed E-state index contributed by atoms with van der Waals surface area (Å²) < 4.78 is 12.0. The van der Waals surface area contributed by atoms with Gasteiger partial charge in [-0.1, -0.05) is 6.07 Å². The van der Waals surface area contributed by atoms with E-state index in [4.69, 9.17) is 21.4 Å². The number of thiophene rings is 1. The Kier molecular flexibility index (Phi) is 4.17. The number of nitrogens with zero attached hydrogens (tertiary/aromatic N) is 2. The molecular formula is C15H12N2O3S2. The molecule has 0 aliphatic rings. The van der Waals surface area contributed by atoms with Gasteiger partial charge in [-0.2, -0.15) is 0 Å². The first-order chi connectivity index (χ1) is 10.7. The second-order valence-corrected chi connectivity index (χ2v) is 5.76. The van der Waals surface area contributed by atoms with Crippen LogP contribution < -0.4 is 4.74 Å². The number of benzene rings is 1. The third kappa shape index (κ3) is 3.00. The predicted molar refractivity (Wildman–Crippen MR) is 86.0 cm³/mol. The van der Waals surface area contributed by atoms with Gasteiger partial charge in [-0.15, -0.1) is 16.4 Å². The number of hydrogen-bond donors (Lipinski definition) is 0. The Morgan fingerprint density at radius 3 is 2.77 bits per heavy atom. The van der Waals surface area contributed by atoms with E-state index in [2.05, 4.69) is 5.10 Å². The van der Waals surface area contributed by atoms with Gasteiger partial charge < -0.3 is 9.15 Å². The van der Waals surface area contributed by atoms with E-state index >= 15 is 0 Å². The van der Waals surface area contributed by atoms with Crippen molar-refractivity contribution in [1.82, 2.24) is 9.78 Å². The molecule has 0 atom stereocenters. The van der Waals surface area contributed by atoms with Crippen LogP contribution in [-0.4, -0.2) is 22.7 Å². The minimum absolute atomic E-state index is 0.0410. The smallest absolute Gasteiger partial charge is 0.287 e. The average Bonchev–Trinajstić information content (AvgIpc) is 3.18. The Bertz CT molecular complexity index is 833. The summed E-state index contributed by atoms with van der Waals surface area (Å²) >= 11 is 6.52. The first-order valence-corrected chi connectivity index (χ1v) is 7.75. The highest BCUT2D eigenvalue weighted by molar-refractivity contribution is 7.71. The van der Waals surface area contributed by atoms with Crippen LogP contribution in [0.4, 0.5) is 0 Å². The van der Waals surface area contributed by atoms with Crippen LogP contribution in [0, 0.1) is 4.84 Å². The van der Waals surface area contributed by atoms with Gasteiger partial charge in [0.25, 0.3) is 4.84 Å². The van der Waals surface area contributed by atoms with Crippen LogP contribution in [0.1, 0.15) is 9.67 Å². The molecule has 5 nitrogen and oxygen atoms in total. The number of rotatable bonds is 5. The first-order valence-electron chi connectivity index (χ1n) is 6.46. The van der Waals surface area contributed by atoms with E-state index in [9.17, 15) is 4.79 Å². The summed E-state index contributed by atoms with van der Waals surface area (Å²) in [5.74, 6) is 1.09. The fourth-order valence-electron chi connectivity index (χ4n) is 1.91. The SMILES string of the molecule is COc1ccc(-c2nn(CC(=O)c3cccs3)c(=S)o2)cc1. The van der Waals surface area contributed by atoms with Gasteiger partial charge >= 0.3 is 0 Å². The first kappa shape index (κ1) is 14.7. The number of aromatic nitrogens is 2. The van der Waals surface area contributed by atoms with E-state index in [1.807, 2.05) is 35.7 Å². The fraction of sp³-hybridized carbons (Fsp3) is 0.133. The largest absolute Gasteiger partial charge is 0.497 e. The lowest BCUT2D eigenvalue weighted by molar-refractivity contribution is 0.0970. The normalized spacial score (nSPS) is 10.6. The molecule has 112 valence electrons. The minimum Gasteiger partial charge on any atom is -0.497 e. The van der Waals surface area contributed by atoms with E-state index in [0.717, 1.165) is 11.3 Å². The molecular weight excluding hydrogens is 320 g/mol. The zero-order valence-corrected chi connectivity index (χ0v) is 13.3. The highest BCUT2D eigenvalue weighted by Gasteiger charge is 2.13. The summed E-state index contributed by atoms with van der Waals surface area (Å²) in [6, 6.07) is 10.9. The summed E-state index contributed by atoms with van der Waals surface area (Å²) in [4.78, 5) is 13.0. The number of methoxy groups -OCH3 is 1. The van der Waals surface area contributed by atoms with Gasteiger partial charge in [0.2, 0.25) is 5.89 Å². The van der Waals surface area contributed by atoms with Crippen molar-refractivity contribution >= 4 is 29.3 Å². The standard InChI is InChI=1S/C15H12N2O3S2/c1-19-11-6-4-10(5-7-11)14-16-17(15(21)20-14)9-12(18)13-3-2-8-22-13/h2-8H,9H2,1H3. The lowest BCUT2D eigenvalue weighted by Crippen LogP contribution is -2.10. The Labute approximate surface area is 135 Å². The Morgan fingerprint density at radius 2 is 2.14 bits per heavy atom. The van der Waals surface area contributed by atoms with Gasteiger partial charge in [0.1, 0.15) is 12.3 Å². The number of carbonyl (C=O) groups is 1. The molecule has 3 aromatic rings. The molecule has 0 spiro atoms. The van der Waals surface area contributed by atoms with Crippen LogP contribution in [0.25, 0.3) is 11.5 Å². The Balaban J connectivity index is 1.84. The molecule has 0 unspecified atom stereocenters. The molecule has 0 radical (unpaired) electrons. The highest BCUT2D eigenvalue weighted by Crippen LogP contribution is 2.21. The molecule has 3 rings (SSSR count). The second-order valence-electron chi connectivity index (χ2n) is 4.46. The van der Waals surface area contributed by atoms with Gasteiger partial charge in [0.15, 0.2) is 5.78 Å². The molecule has 7 heteroatoms. The van der Waals surface area contributed by atoms with Gasteiger partial charge in [0, 0.05) is 5.56 Å². The lowest BCUT2D eigenvalue weighted by atomic mass is 10.2. The lowest BCUT2D eigenvalue weighted by Gasteiger charge is -1.99. The average molecular weight is 332 g/mol. The Morgan fingerprint density at radius 1 is 1.36 bits per heavy atom. The van der Waals surface area contributed by atoms with Crippen LogP contribution in [0.3, 0.4) is 0 Å². The van der Waals surface area contributed by atoms with Crippen LogP contribution in [0.2, 0.25) is 0 Å². The van der Waals surface area contributed by atoms with E-state index in [0.29, 0.717) is 10.8 Å². The molecule has 0 saturated carbocycles. The maximum absolute atomic E-state index is 12.1. The molecule has 2 aromatic heterocycles. The monoisotopic (exact) mass is 332 g/mol. The molecule has 1 aromatic carbocycles. The summed E-state index contributed by atoms with van der Waals surface area (Å²) in [6.45, 7) is 0.0685.